The Bertz CT molecular complexity index is 1010. The number of nitrogens with two attached hydrogens (primary N) is 1. The summed E-state index contributed by atoms with van der Waals surface area (Å²) >= 11 is 0. The van der Waals surface area contributed by atoms with Crippen molar-refractivity contribution >= 4 is 23.1 Å². The van der Waals surface area contributed by atoms with E-state index in [0.717, 1.165) is 18.4 Å². The Labute approximate surface area is 188 Å². The third-order valence-electron chi connectivity index (χ3n) is 5.71. The fourth-order valence-corrected chi connectivity index (χ4v) is 3.86. The summed E-state index contributed by atoms with van der Waals surface area (Å²) in [6.07, 6.45) is -4.65. The van der Waals surface area contributed by atoms with E-state index in [1.807, 2.05) is 23.1 Å². The highest BCUT2D eigenvalue weighted by Gasteiger charge is 2.38. The fourth-order valence-electron chi connectivity index (χ4n) is 3.86. The van der Waals surface area contributed by atoms with Gasteiger partial charge in [0.1, 0.15) is 11.4 Å². The van der Waals surface area contributed by atoms with Crippen molar-refractivity contribution in [1.29, 1.82) is 5.26 Å². The zero-order chi connectivity index (χ0) is 23.6. The number of morpholine rings is 1. The predicted octanol–water partition coefficient (Wildman–Crippen LogP) is 1.87. The van der Waals surface area contributed by atoms with Gasteiger partial charge in [-0.05, 0) is 30.7 Å². The normalized spacial score (nSPS) is 23.8. The lowest BCUT2D eigenvalue weighted by atomic mass is 10.0. The fraction of sp³-hybridized carbons (Fsp3) is 0.476. The first kappa shape index (κ1) is 23.0. The number of hydrogen-bond acceptors (Lipinski definition) is 9. The van der Waals surface area contributed by atoms with Crippen molar-refractivity contribution in [3.63, 3.8) is 0 Å². The van der Waals surface area contributed by atoms with Crippen molar-refractivity contribution in [3.8, 4) is 6.07 Å². The molecule has 4 N–H and O–H groups in total. The highest BCUT2D eigenvalue weighted by atomic mass is 19.4. The average molecular weight is 463 g/mol. The zero-order valence-corrected chi connectivity index (χ0v) is 17.7. The average Bonchev–Trinajstić information content (AvgIpc) is 2.81. The molecule has 12 heteroatoms. The monoisotopic (exact) mass is 463 g/mol. The predicted molar refractivity (Wildman–Crippen MR) is 115 cm³/mol. The van der Waals surface area contributed by atoms with Gasteiger partial charge >= 0.3 is 6.18 Å². The lowest BCUT2D eigenvalue weighted by Crippen LogP contribution is -2.50. The molecule has 0 amide bonds. The van der Waals surface area contributed by atoms with Crippen LogP contribution in [0.5, 0.6) is 0 Å². The molecule has 176 valence electrons. The lowest BCUT2D eigenvalue weighted by Gasteiger charge is -2.35. The van der Waals surface area contributed by atoms with Crippen LogP contribution < -0.4 is 20.9 Å². The second-order valence-electron chi connectivity index (χ2n) is 8.00. The van der Waals surface area contributed by atoms with Crippen molar-refractivity contribution < 1.29 is 23.0 Å². The number of ether oxygens (including phenoxy) is 1. The molecule has 3 heterocycles. The van der Waals surface area contributed by atoms with E-state index in [2.05, 4.69) is 15.3 Å². The van der Waals surface area contributed by atoms with E-state index in [1.54, 1.807) is 12.1 Å². The van der Waals surface area contributed by atoms with E-state index in [-0.39, 0.29) is 37.5 Å². The standard InChI is InChI=1S/C21H24F3N7O2/c22-21(23,24)16-10-27-20(29-19(16)31-7-8-33-15(9-25)11-31)28-13-1-3-14(4-2-13)30-6-5-17(26)18(32)12-30/h1-4,10,15,17-18,32H,5-8,11-12,26H2,(H,27,28,29). The van der Waals surface area contributed by atoms with Crippen molar-refractivity contribution in [2.75, 3.05) is 47.9 Å². The Morgan fingerprint density at radius 3 is 2.61 bits per heavy atom. The van der Waals surface area contributed by atoms with Crippen LogP contribution in [0.3, 0.4) is 0 Å². The Kier molecular flexibility index (Phi) is 6.55. The molecule has 4 rings (SSSR count). The quantitative estimate of drug-likeness (QED) is 0.623. The molecule has 0 bridgehead atoms. The van der Waals surface area contributed by atoms with Crippen LogP contribution in [0, 0.1) is 11.3 Å². The maximum absolute atomic E-state index is 13.6. The van der Waals surface area contributed by atoms with Gasteiger partial charge in [-0.1, -0.05) is 0 Å². The molecule has 0 spiro atoms. The van der Waals surface area contributed by atoms with Gasteiger partial charge in [0.25, 0.3) is 0 Å². The second kappa shape index (κ2) is 9.38. The number of rotatable bonds is 4. The molecular weight excluding hydrogens is 439 g/mol. The molecule has 9 nitrogen and oxygen atoms in total. The number of hydrogen-bond donors (Lipinski definition) is 3. The molecule has 0 aliphatic carbocycles. The third kappa shape index (κ3) is 5.27. The highest BCUT2D eigenvalue weighted by molar-refractivity contribution is 5.61. The molecule has 0 saturated carbocycles. The van der Waals surface area contributed by atoms with E-state index in [4.69, 9.17) is 15.7 Å². The van der Waals surface area contributed by atoms with E-state index in [9.17, 15) is 18.3 Å². The van der Waals surface area contributed by atoms with Gasteiger partial charge in [-0.2, -0.15) is 23.4 Å². The summed E-state index contributed by atoms with van der Waals surface area (Å²) in [6.45, 7) is 1.44. The number of aromatic nitrogens is 2. The number of halogens is 3. The summed E-state index contributed by atoms with van der Waals surface area (Å²) in [4.78, 5) is 11.4. The number of nitriles is 1. The van der Waals surface area contributed by atoms with Crippen LogP contribution in [0.2, 0.25) is 0 Å². The lowest BCUT2D eigenvalue weighted by molar-refractivity contribution is -0.137. The number of aliphatic hydroxyl groups is 1. The molecule has 2 aromatic rings. The number of anilines is 4. The number of benzene rings is 1. The summed E-state index contributed by atoms with van der Waals surface area (Å²) in [6, 6.07) is 8.90. The van der Waals surface area contributed by atoms with E-state index < -0.39 is 23.9 Å². The maximum atomic E-state index is 13.6. The van der Waals surface area contributed by atoms with Crippen LogP contribution in [0.15, 0.2) is 30.5 Å². The number of nitrogens with one attached hydrogen (secondary N) is 1. The van der Waals surface area contributed by atoms with Gasteiger partial charge < -0.3 is 30.7 Å². The molecule has 33 heavy (non-hydrogen) atoms. The van der Waals surface area contributed by atoms with E-state index in [1.165, 1.54) is 4.90 Å². The Hall–Kier alpha value is -3.14. The first-order valence-corrected chi connectivity index (χ1v) is 10.5. The Morgan fingerprint density at radius 2 is 1.94 bits per heavy atom. The maximum Gasteiger partial charge on any atom is 0.421 e. The van der Waals surface area contributed by atoms with Gasteiger partial charge in [0.05, 0.1) is 25.3 Å². The summed E-state index contributed by atoms with van der Waals surface area (Å²) in [5.74, 6) is -0.288. The summed E-state index contributed by atoms with van der Waals surface area (Å²) in [5, 5.41) is 22.0. The molecule has 2 fully saturated rings. The van der Waals surface area contributed by atoms with Gasteiger partial charge in [-0.3, -0.25) is 0 Å². The number of nitrogens with zero attached hydrogens (tertiary/aromatic N) is 5. The molecule has 1 aromatic carbocycles. The van der Waals surface area contributed by atoms with Crippen LogP contribution in [-0.2, 0) is 10.9 Å². The molecule has 2 saturated heterocycles. The first-order chi connectivity index (χ1) is 15.7. The minimum absolute atomic E-state index is 0.00474. The molecule has 3 atom stereocenters. The van der Waals surface area contributed by atoms with Crippen molar-refractivity contribution in [3.05, 3.63) is 36.0 Å². The van der Waals surface area contributed by atoms with Crippen molar-refractivity contribution in [2.24, 2.45) is 5.73 Å². The third-order valence-corrected chi connectivity index (χ3v) is 5.71. The Balaban J connectivity index is 1.53. The largest absolute Gasteiger partial charge is 0.421 e. The highest BCUT2D eigenvalue weighted by Crippen LogP contribution is 2.36. The first-order valence-electron chi connectivity index (χ1n) is 10.5. The Morgan fingerprint density at radius 1 is 1.18 bits per heavy atom. The van der Waals surface area contributed by atoms with Gasteiger partial charge in [-0.15, -0.1) is 0 Å². The van der Waals surface area contributed by atoms with E-state index >= 15 is 0 Å². The summed E-state index contributed by atoms with van der Waals surface area (Å²) in [7, 11) is 0. The SMILES string of the molecule is N#CC1CN(c2nc(Nc3ccc(N4CCC(N)C(O)C4)cc3)ncc2C(F)(F)F)CCO1. The van der Waals surface area contributed by atoms with Crippen molar-refractivity contribution in [2.45, 2.75) is 30.8 Å². The number of piperidine rings is 1. The second-order valence-corrected chi connectivity index (χ2v) is 8.00. The number of alkyl halides is 3. The van der Waals surface area contributed by atoms with Crippen LogP contribution in [-0.4, -0.2) is 66.1 Å². The van der Waals surface area contributed by atoms with Crippen LogP contribution in [0.1, 0.15) is 12.0 Å². The van der Waals surface area contributed by atoms with Crippen LogP contribution >= 0.6 is 0 Å². The molecule has 3 unspecified atom stereocenters. The van der Waals surface area contributed by atoms with Crippen LogP contribution in [0.25, 0.3) is 0 Å². The topological polar surface area (TPSA) is 124 Å². The number of aliphatic hydroxyl groups excluding tert-OH is 1. The molecular formula is C21H24F3N7O2. The van der Waals surface area contributed by atoms with E-state index in [0.29, 0.717) is 18.7 Å². The van der Waals surface area contributed by atoms with Crippen LogP contribution in [0.4, 0.5) is 36.3 Å². The van der Waals surface area contributed by atoms with Crippen molar-refractivity contribution in [1.82, 2.24) is 9.97 Å². The minimum Gasteiger partial charge on any atom is -0.390 e. The van der Waals surface area contributed by atoms with Gasteiger partial charge in [0, 0.05) is 43.2 Å². The minimum atomic E-state index is -4.64. The summed E-state index contributed by atoms with van der Waals surface area (Å²) in [5.41, 5.74) is 6.37. The molecule has 1 aromatic heterocycles. The summed E-state index contributed by atoms with van der Waals surface area (Å²) < 4.78 is 45.9. The molecule has 0 radical (unpaired) electrons. The van der Waals surface area contributed by atoms with Gasteiger partial charge in [0.2, 0.25) is 5.95 Å². The van der Waals surface area contributed by atoms with Gasteiger partial charge in [0.15, 0.2) is 6.10 Å². The van der Waals surface area contributed by atoms with Gasteiger partial charge in [-0.25, -0.2) is 4.98 Å². The molecule has 2 aliphatic rings. The smallest absolute Gasteiger partial charge is 0.390 e. The number of β-amino-alcohol motifs (C(OH)–C–C–N with tert-alkyl or cyclic N) is 1. The zero-order valence-electron chi connectivity index (χ0n) is 17.7. The molecule has 2 aliphatic heterocycles.